The fourth-order valence-electron chi connectivity index (χ4n) is 3.67. The van der Waals surface area contributed by atoms with E-state index in [1.165, 1.54) is 51.6 Å². The van der Waals surface area contributed by atoms with Crippen LogP contribution in [-0.4, -0.2) is 48.3 Å². The van der Waals surface area contributed by atoms with Crippen molar-refractivity contribution in [2.45, 2.75) is 96.6 Å². The largest absolute Gasteiger partial charge is 0.376 e. The Morgan fingerprint density at radius 2 is 1.40 bits per heavy atom. The molecule has 0 aromatic rings. The van der Waals surface area contributed by atoms with Gasteiger partial charge in [-0.15, -0.1) is 0 Å². The van der Waals surface area contributed by atoms with Crippen LogP contribution >= 0.6 is 0 Å². The molecule has 2 aliphatic rings. The van der Waals surface area contributed by atoms with Crippen molar-refractivity contribution in [3.63, 3.8) is 0 Å². The summed E-state index contributed by atoms with van der Waals surface area (Å²) in [7, 11) is 0. The second-order valence-corrected chi connectivity index (χ2v) is 7.23. The number of rotatable bonds is 5. The van der Waals surface area contributed by atoms with Crippen molar-refractivity contribution >= 4 is 0 Å². The van der Waals surface area contributed by atoms with Crippen molar-refractivity contribution < 1.29 is 4.74 Å². The minimum atomic E-state index is 0.380. The van der Waals surface area contributed by atoms with Crippen molar-refractivity contribution in [2.24, 2.45) is 0 Å². The molecule has 0 bridgehead atoms. The van der Waals surface area contributed by atoms with E-state index in [2.05, 4.69) is 37.9 Å². The molecule has 1 N–H and O–H groups in total. The highest BCUT2D eigenvalue weighted by Gasteiger charge is 2.26. The van der Waals surface area contributed by atoms with Gasteiger partial charge in [0.15, 0.2) is 0 Å². The molecule has 3 heteroatoms. The number of hydrogen-bond donors (Lipinski definition) is 1. The maximum atomic E-state index is 5.94. The van der Waals surface area contributed by atoms with Crippen LogP contribution in [0, 0.1) is 0 Å². The van der Waals surface area contributed by atoms with Crippen LogP contribution in [-0.2, 0) is 4.74 Å². The van der Waals surface area contributed by atoms with Crippen molar-refractivity contribution in [1.82, 2.24) is 10.2 Å². The third kappa shape index (κ3) is 5.01. The Bertz CT molecular complexity index is 264. The first kappa shape index (κ1) is 16.3. The Hall–Kier alpha value is -0.120. The Kier molecular flexibility index (Phi) is 6.31. The maximum absolute atomic E-state index is 5.94. The van der Waals surface area contributed by atoms with E-state index >= 15 is 0 Å². The number of nitrogens with zero attached hydrogens (tertiary/aromatic N) is 1. The molecule has 1 saturated heterocycles. The van der Waals surface area contributed by atoms with Gasteiger partial charge in [0, 0.05) is 18.1 Å². The van der Waals surface area contributed by atoms with Gasteiger partial charge in [0.2, 0.25) is 0 Å². The quantitative estimate of drug-likeness (QED) is 0.838. The Balaban J connectivity index is 1.64. The van der Waals surface area contributed by atoms with E-state index in [0.29, 0.717) is 18.2 Å². The fourth-order valence-corrected chi connectivity index (χ4v) is 3.67. The number of hydrogen-bond acceptors (Lipinski definition) is 3. The summed E-state index contributed by atoms with van der Waals surface area (Å²) < 4.78 is 5.94. The third-order valence-electron chi connectivity index (χ3n) is 4.87. The minimum Gasteiger partial charge on any atom is -0.376 e. The standard InChI is InChI=1S/C17H34N2O/c1-13(2)19-11-9-16(10-12-19)18-15-5-7-17(8-6-15)20-14(3)4/h13-18H,5-12H2,1-4H3. The molecule has 0 spiro atoms. The Morgan fingerprint density at radius 1 is 0.850 bits per heavy atom. The first-order valence-corrected chi connectivity index (χ1v) is 8.70. The van der Waals surface area contributed by atoms with Crippen molar-refractivity contribution in [3.8, 4) is 0 Å². The Labute approximate surface area is 125 Å². The van der Waals surface area contributed by atoms with Crippen LogP contribution in [0.3, 0.4) is 0 Å². The highest BCUT2D eigenvalue weighted by Crippen LogP contribution is 2.24. The summed E-state index contributed by atoms with van der Waals surface area (Å²) in [5, 5.41) is 3.91. The summed E-state index contributed by atoms with van der Waals surface area (Å²) >= 11 is 0. The smallest absolute Gasteiger partial charge is 0.0579 e. The van der Waals surface area contributed by atoms with Gasteiger partial charge in [0.25, 0.3) is 0 Å². The molecule has 1 saturated carbocycles. The van der Waals surface area contributed by atoms with E-state index in [4.69, 9.17) is 4.74 Å². The lowest BCUT2D eigenvalue weighted by Crippen LogP contribution is -2.49. The third-order valence-corrected chi connectivity index (χ3v) is 4.87. The minimum absolute atomic E-state index is 0.380. The average molecular weight is 282 g/mol. The van der Waals surface area contributed by atoms with Gasteiger partial charge in [-0.3, -0.25) is 0 Å². The van der Waals surface area contributed by atoms with E-state index in [-0.39, 0.29) is 0 Å². The number of piperidine rings is 1. The summed E-state index contributed by atoms with van der Waals surface area (Å²) in [6.07, 6.45) is 8.59. The van der Waals surface area contributed by atoms with Gasteiger partial charge in [-0.05, 0) is 79.3 Å². The lowest BCUT2D eigenvalue weighted by atomic mass is 9.91. The summed E-state index contributed by atoms with van der Waals surface area (Å²) in [5.41, 5.74) is 0. The first-order chi connectivity index (χ1) is 9.54. The lowest BCUT2D eigenvalue weighted by Gasteiger charge is -2.38. The predicted octanol–water partition coefficient (Wildman–Crippen LogP) is 3.19. The molecule has 118 valence electrons. The van der Waals surface area contributed by atoms with Crippen LogP contribution in [0.2, 0.25) is 0 Å². The number of nitrogens with one attached hydrogen (secondary N) is 1. The van der Waals surface area contributed by atoms with Gasteiger partial charge in [-0.1, -0.05) is 0 Å². The zero-order valence-electron chi connectivity index (χ0n) is 13.9. The van der Waals surface area contributed by atoms with E-state index in [0.717, 1.165) is 12.1 Å². The SMILES string of the molecule is CC(C)OC1CCC(NC2CCN(C(C)C)CC2)CC1. The highest BCUT2D eigenvalue weighted by atomic mass is 16.5. The van der Waals surface area contributed by atoms with Crippen molar-refractivity contribution in [3.05, 3.63) is 0 Å². The molecule has 0 radical (unpaired) electrons. The lowest BCUT2D eigenvalue weighted by molar-refractivity contribution is -0.0173. The first-order valence-electron chi connectivity index (χ1n) is 8.70. The molecule has 2 rings (SSSR count). The van der Waals surface area contributed by atoms with E-state index in [9.17, 15) is 0 Å². The van der Waals surface area contributed by atoms with Crippen LogP contribution in [0.5, 0.6) is 0 Å². The summed E-state index contributed by atoms with van der Waals surface area (Å²) in [6, 6.07) is 2.19. The Morgan fingerprint density at radius 3 is 1.90 bits per heavy atom. The molecule has 0 amide bonds. The average Bonchev–Trinajstić information content (AvgIpc) is 2.41. The molecule has 1 aliphatic heterocycles. The molecule has 20 heavy (non-hydrogen) atoms. The van der Waals surface area contributed by atoms with Crippen LogP contribution < -0.4 is 5.32 Å². The number of ether oxygens (including phenoxy) is 1. The fraction of sp³-hybridized carbons (Fsp3) is 1.00. The van der Waals surface area contributed by atoms with Gasteiger partial charge in [-0.25, -0.2) is 0 Å². The highest BCUT2D eigenvalue weighted by molar-refractivity contribution is 4.85. The normalized spacial score (nSPS) is 30.3. The molecule has 0 unspecified atom stereocenters. The molecule has 0 atom stereocenters. The molecular weight excluding hydrogens is 248 g/mol. The maximum Gasteiger partial charge on any atom is 0.0579 e. The van der Waals surface area contributed by atoms with Gasteiger partial charge in [0.1, 0.15) is 0 Å². The monoisotopic (exact) mass is 282 g/mol. The van der Waals surface area contributed by atoms with Gasteiger partial charge < -0.3 is 15.0 Å². The molecular formula is C17H34N2O. The van der Waals surface area contributed by atoms with Crippen molar-refractivity contribution in [2.75, 3.05) is 13.1 Å². The predicted molar refractivity (Wildman–Crippen MR) is 85.1 cm³/mol. The van der Waals surface area contributed by atoms with E-state index in [1.54, 1.807) is 0 Å². The van der Waals surface area contributed by atoms with Crippen LogP contribution in [0.4, 0.5) is 0 Å². The van der Waals surface area contributed by atoms with Gasteiger partial charge >= 0.3 is 0 Å². The second kappa shape index (κ2) is 7.77. The van der Waals surface area contributed by atoms with Gasteiger partial charge in [-0.2, -0.15) is 0 Å². The molecule has 0 aromatic carbocycles. The summed E-state index contributed by atoms with van der Waals surface area (Å²) in [6.45, 7) is 11.4. The zero-order chi connectivity index (χ0) is 14.5. The molecule has 2 fully saturated rings. The number of likely N-dealkylation sites (tertiary alicyclic amines) is 1. The zero-order valence-corrected chi connectivity index (χ0v) is 13.9. The van der Waals surface area contributed by atoms with Gasteiger partial charge in [0.05, 0.1) is 12.2 Å². The summed E-state index contributed by atoms with van der Waals surface area (Å²) in [5.74, 6) is 0. The van der Waals surface area contributed by atoms with Crippen LogP contribution in [0.25, 0.3) is 0 Å². The molecule has 1 aliphatic carbocycles. The van der Waals surface area contributed by atoms with E-state index < -0.39 is 0 Å². The molecule has 3 nitrogen and oxygen atoms in total. The summed E-state index contributed by atoms with van der Waals surface area (Å²) in [4.78, 5) is 2.60. The topological polar surface area (TPSA) is 24.5 Å². The second-order valence-electron chi connectivity index (χ2n) is 7.23. The van der Waals surface area contributed by atoms with Crippen LogP contribution in [0.15, 0.2) is 0 Å². The molecule has 1 heterocycles. The molecule has 0 aromatic heterocycles. The van der Waals surface area contributed by atoms with Crippen LogP contribution in [0.1, 0.15) is 66.2 Å². The van der Waals surface area contributed by atoms with E-state index in [1.807, 2.05) is 0 Å². The van der Waals surface area contributed by atoms with Crippen molar-refractivity contribution in [1.29, 1.82) is 0 Å².